The predicted octanol–water partition coefficient (Wildman–Crippen LogP) is 1.87. The van der Waals surface area contributed by atoms with Crippen molar-refractivity contribution < 1.29 is 4.74 Å². The first-order chi connectivity index (χ1) is 8.33. The Kier molecular flexibility index (Phi) is 4.58. The largest absolute Gasteiger partial charge is 0.378 e. The molecular formula is C11H18N4OS. The van der Waals surface area contributed by atoms with Crippen molar-refractivity contribution in [3.8, 4) is 0 Å². The van der Waals surface area contributed by atoms with Crippen LogP contribution in [0.15, 0.2) is 6.07 Å². The lowest BCUT2D eigenvalue weighted by Crippen LogP contribution is -2.14. The van der Waals surface area contributed by atoms with Gasteiger partial charge < -0.3 is 10.2 Å². The zero-order chi connectivity index (χ0) is 12.1. The third-order valence-corrected chi connectivity index (χ3v) is 4.08. The second-order valence-electron chi connectivity index (χ2n) is 4.04. The Labute approximate surface area is 106 Å². The zero-order valence-corrected chi connectivity index (χ0v) is 10.8. The van der Waals surface area contributed by atoms with Crippen molar-refractivity contribution in [2.24, 2.45) is 5.84 Å². The second-order valence-corrected chi connectivity index (χ2v) is 5.35. The Bertz CT molecular complexity index is 368. The third kappa shape index (κ3) is 3.31. The van der Waals surface area contributed by atoms with Gasteiger partial charge in [0.1, 0.15) is 11.6 Å². The van der Waals surface area contributed by atoms with E-state index < -0.39 is 0 Å². The summed E-state index contributed by atoms with van der Waals surface area (Å²) in [5.74, 6) is 8.15. The maximum Gasteiger partial charge on any atom is 0.144 e. The molecule has 1 atom stereocenters. The highest BCUT2D eigenvalue weighted by Gasteiger charge is 2.19. The van der Waals surface area contributed by atoms with Gasteiger partial charge in [0, 0.05) is 13.2 Å². The number of rotatable bonds is 4. The Morgan fingerprint density at radius 1 is 1.53 bits per heavy atom. The van der Waals surface area contributed by atoms with E-state index in [4.69, 9.17) is 10.6 Å². The molecule has 1 unspecified atom stereocenters. The van der Waals surface area contributed by atoms with Crippen LogP contribution in [-0.2, 0) is 11.3 Å². The van der Waals surface area contributed by atoms with E-state index in [9.17, 15) is 0 Å². The fourth-order valence-corrected chi connectivity index (χ4v) is 3.15. The van der Waals surface area contributed by atoms with E-state index in [0.29, 0.717) is 17.7 Å². The van der Waals surface area contributed by atoms with Gasteiger partial charge in [-0.15, -0.1) is 0 Å². The summed E-state index contributed by atoms with van der Waals surface area (Å²) in [6.07, 6.45) is 3.69. The minimum atomic E-state index is 0.396. The predicted molar refractivity (Wildman–Crippen MR) is 69.6 cm³/mol. The average molecular weight is 254 g/mol. The third-order valence-electron chi connectivity index (χ3n) is 2.70. The van der Waals surface area contributed by atoms with Crippen molar-refractivity contribution in [1.29, 1.82) is 0 Å². The number of methoxy groups -OCH3 is 1. The van der Waals surface area contributed by atoms with E-state index in [0.717, 1.165) is 17.9 Å². The molecule has 0 saturated carbocycles. The zero-order valence-electron chi connectivity index (χ0n) is 9.98. The molecule has 1 aliphatic heterocycles. The molecule has 94 valence electrons. The van der Waals surface area contributed by atoms with Crippen LogP contribution in [0.4, 0.5) is 5.82 Å². The fourth-order valence-electron chi connectivity index (χ4n) is 1.90. The van der Waals surface area contributed by atoms with E-state index in [1.807, 2.05) is 17.8 Å². The van der Waals surface area contributed by atoms with Crippen LogP contribution in [0.5, 0.6) is 0 Å². The normalized spacial score (nSPS) is 20.2. The summed E-state index contributed by atoms with van der Waals surface area (Å²) < 4.78 is 5.10. The van der Waals surface area contributed by atoms with Crippen molar-refractivity contribution in [3.63, 3.8) is 0 Å². The molecule has 1 aromatic heterocycles. The van der Waals surface area contributed by atoms with E-state index in [2.05, 4.69) is 15.4 Å². The van der Waals surface area contributed by atoms with Crippen molar-refractivity contribution in [1.82, 2.24) is 9.97 Å². The van der Waals surface area contributed by atoms with Gasteiger partial charge in [-0.1, -0.05) is 6.42 Å². The van der Waals surface area contributed by atoms with Crippen LogP contribution >= 0.6 is 11.8 Å². The summed E-state index contributed by atoms with van der Waals surface area (Å²) in [7, 11) is 1.66. The molecular weight excluding hydrogens is 236 g/mol. The molecule has 17 heavy (non-hydrogen) atoms. The molecule has 1 aromatic rings. The van der Waals surface area contributed by atoms with Gasteiger partial charge in [-0.2, -0.15) is 11.8 Å². The highest BCUT2D eigenvalue weighted by Crippen LogP contribution is 2.36. The second kappa shape index (κ2) is 6.18. The maximum absolute atomic E-state index is 5.43. The molecule has 0 spiro atoms. The number of hydrogen-bond acceptors (Lipinski definition) is 6. The lowest BCUT2D eigenvalue weighted by Gasteiger charge is -2.20. The molecule has 1 fully saturated rings. The first-order valence-corrected chi connectivity index (χ1v) is 6.83. The van der Waals surface area contributed by atoms with Gasteiger partial charge >= 0.3 is 0 Å². The number of nitrogen functional groups attached to an aromatic ring is 1. The monoisotopic (exact) mass is 254 g/mol. The number of thioether (sulfide) groups is 1. The summed E-state index contributed by atoms with van der Waals surface area (Å²) in [6.45, 7) is 0.488. The van der Waals surface area contributed by atoms with Gasteiger partial charge in [-0.05, 0) is 18.6 Å². The molecule has 0 radical (unpaired) electrons. The summed E-state index contributed by atoms with van der Waals surface area (Å²) >= 11 is 1.93. The van der Waals surface area contributed by atoms with Crippen LogP contribution in [0.1, 0.15) is 36.0 Å². The van der Waals surface area contributed by atoms with Crippen molar-refractivity contribution in [2.75, 3.05) is 18.3 Å². The maximum atomic E-state index is 5.43. The number of nitrogens with zero attached hydrogens (tertiary/aromatic N) is 2. The molecule has 6 heteroatoms. The number of ether oxygens (including phenoxy) is 1. The quantitative estimate of drug-likeness (QED) is 0.631. The van der Waals surface area contributed by atoms with Crippen LogP contribution in [0.2, 0.25) is 0 Å². The molecule has 0 aliphatic carbocycles. The molecule has 2 rings (SSSR count). The van der Waals surface area contributed by atoms with Crippen LogP contribution < -0.4 is 11.3 Å². The standard InChI is InChI=1S/C11H18N4OS/c1-16-7-8-6-10(15-12)14-11(13-8)9-4-2-3-5-17-9/h6,9H,2-5,7,12H2,1H3,(H,13,14,15). The van der Waals surface area contributed by atoms with E-state index in [-0.39, 0.29) is 0 Å². The number of aromatic nitrogens is 2. The SMILES string of the molecule is COCc1cc(NN)nc(C2CCCCS2)n1. The van der Waals surface area contributed by atoms with E-state index >= 15 is 0 Å². The van der Waals surface area contributed by atoms with Crippen LogP contribution in [-0.4, -0.2) is 22.8 Å². The molecule has 1 saturated heterocycles. The highest BCUT2D eigenvalue weighted by atomic mass is 32.2. The average Bonchev–Trinajstić information content (AvgIpc) is 2.40. The number of nitrogens with two attached hydrogens (primary N) is 1. The molecule has 5 nitrogen and oxygen atoms in total. The Balaban J connectivity index is 2.21. The first-order valence-electron chi connectivity index (χ1n) is 5.78. The smallest absolute Gasteiger partial charge is 0.144 e. The van der Waals surface area contributed by atoms with Gasteiger partial charge in [0.25, 0.3) is 0 Å². The van der Waals surface area contributed by atoms with Gasteiger partial charge in [0.05, 0.1) is 17.6 Å². The molecule has 0 aromatic carbocycles. The van der Waals surface area contributed by atoms with Gasteiger partial charge in [0.15, 0.2) is 0 Å². The summed E-state index contributed by atoms with van der Waals surface area (Å²) in [4.78, 5) is 8.98. The molecule has 2 heterocycles. The molecule has 0 bridgehead atoms. The van der Waals surface area contributed by atoms with Gasteiger partial charge in [-0.25, -0.2) is 15.8 Å². The Morgan fingerprint density at radius 3 is 3.06 bits per heavy atom. The minimum absolute atomic E-state index is 0.396. The van der Waals surface area contributed by atoms with Gasteiger partial charge in [-0.3, -0.25) is 0 Å². The van der Waals surface area contributed by atoms with Crippen LogP contribution in [0.3, 0.4) is 0 Å². The summed E-state index contributed by atoms with van der Waals surface area (Å²) in [5.41, 5.74) is 3.46. The van der Waals surface area contributed by atoms with E-state index in [1.54, 1.807) is 7.11 Å². The van der Waals surface area contributed by atoms with Crippen molar-refractivity contribution >= 4 is 17.6 Å². The lowest BCUT2D eigenvalue weighted by atomic mass is 10.2. The van der Waals surface area contributed by atoms with Crippen molar-refractivity contribution in [2.45, 2.75) is 31.1 Å². The minimum Gasteiger partial charge on any atom is -0.378 e. The lowest BCUT2D eigenvalue weighted by molar-refractivity contribution is 0.181. The highest BCUT2D eigenvalue weighted by molar-refractivity contribution is 7.99. The number of hydrazine groups is 1. The molecule has 1 aliphatic rings. The van der Waals surface area contributed by atoms with Gasteiger partial charge in [0.2, 0.25) is 0 Å². The Hall–Kier alpha value is -0.850. The fraction of sp³-hybridized carbons (Fsp3) is 0.636. The Morgan fingerprint density at radius 2 is 2.41 bits per heavy atom. The van der Waals surface area contributed by atoms with Crippen LogP contribution in [0.25, 0.3) is 0 Å². The van der Waals surface area contributed by atoms with E-state index in [1.165, 1.54) is 18.6 Å². The summed E-state index contributed by atoms with van der Waals surface area (Å²) in [6, 6.07) is 1.82. The topological polar surface area (TPSA) is 73.1 Å². The summed E-state index contributed by atoms with van der Waals surface area (Å²) in [5, 5.41) is 0.396. The molecule has 0 amide bonds. The van der Waals surface area contributed by atoms with Crippen LogP contribution in [0, 0.1) is 0 Å². The number of nitrogens with one attached hydrogen (secondary N) is 1. The van der Waals surface area contributed by atoms with Crippen molar-refractivity contribution in [3.05, 3.63) is 17.6 Å². The number of hydrogen-bond donors (Lipinski definition) is 2. The number of anilines is 1. The molecule has 3 N–H and O–H groups in total. The first kappa shape index (κ1) is 12.6.